The lowest BCUT2D eigenvalue weighted by Gasteiger charge is -2.43. The van der Waals surface area contributed by atoms with Crippen LogP contribution in [0.2, 0.25) is 0 Å². The lowest BCUT2D eigenvalue weighted by atomic mass is 9.80. The highest BCUT2D eigenvalue weighted by molar-refractivity contribution is 6.38. The fourth-order valence-corrected chi connectivity index (χ4v) is 6.34. The molecular weight excluding hydrogens is 733 g/mol. The number of ketones is 1. The molecule has 1 fully saturated rings. The molecular formula is C46H88N6O6. The van der Waals surface area contributed by atoms with E-state index in [1.54, 1.807) is 6.92 Å². The van der Waals surface area contributed by atoms with E-state index < -0.39 is 29.2 Å². The molecule has 0 aromatic heterocycles. The van der Waals surface area contributed by atoms with E-state index in [0.717, 1.165) is 25.7 Å². The van der Waals surface area contributed by atoms with Crippen LogP contribution in [0, 0.1) is 11.3 Å². The van der Waals surface area contributed by atoms with Gasteiger partial charge in [-0.05, 0) is 69.4 Å². The highest BCUT2D eigenvalue weighted by Crippen LogP contribution is 2.32. The number of amides is 5. The Hall–Kier alpha value is -3.96. The first-order chi connectivity index (χ1) is 27.7. The number of hydrogen-bond donors (Lipinski definition) is 5. The van der Waals surface area contributed by atoms with Gasteiger partial charge in [0.25, 0.3) is 5.91 Å². The fraction of sp³-hybridized carbons (Fsp3) is 0.739. The molecule has 3 rings (SSSR count). The highest BCUT2D eigenvalue weighted by Gasteiger charge is 2.39. The number of para-hydroxylation sites is 1. The number of anilines is 1. The van der Waals surface area contributed by atoms with Crippen LogP contribution in [0.15, 0.2) is 24.3 Å². The van der Waals surface area contributed by atoms with Crippen LogP contribution in [0.25, 0.3) is 0 Å². The Labute approximate surface area is 355 Å². The molecule has 0 spiro atoms. The van der Waals surface area contributed by atoms with Gasteiger partial charge in [-0.3, -0.25) is 28.8 Å². The van der Waals surface area contributed by atoms with E-state index in [0.29, 0.717) is 44.3 Å². The summed E-state index contributed by atoms with van der Waals surface area (Å²) in [4.78, 5) is 70.4. The minimum atomic E-state index is -0.691. The van der Waals surface area contributed by atoms with E-state index >= 15 is 0 Å². The number of nitrogens with one attached hydrogen (secondary N) is 5. The average Bonchev–Trinajstić information content (AvgIpc) is 3.62. The molecule has 58 heavy (non-hydrogen) atoms. The van der Waals surface area contributed by atoms with Crippen molar-refractivity contribution in [3.8, 4) is 0 Å². The number of benzene rings is 1. The molecule has 0 radical (unpaired) electrons. The van der Waals surface area contributed by atoms with Crippen LogP contribution >= 0.6 is 0 Å². The Bertz CT molecular complexity index is 1200. The molecule has 12 nitrogen and oxygen atoms in total. The van der Waals surface area contributed by atoms with Crippen molar-refractivity contribution in [1.29, 1.82) is 0 Å². The van der Waals surface area contributed by atoms with Crippen LogP contribution in [-0.4, -0.2) is 85.0 Å². The molecule has 1 aliphatic carbocycles. The second-order valence-corrected chi connectivity index (χ2v) is 14.5. The molecule has 1 saturated carbocycles. The molecule has 0 bridgehead atoms. The molecule has 1 heterocycles. The van der Waals surface area contributed by atoms with E-state index in [1.165, 1.54) is 36.9 Å². The van der Waals surface area contributed by atoms with Crippen LogP contribution in [0.5, 0.6) is 0 Å². The van der Waals surface area contributed by atoms with E-state index in [2.05, 4.69) is 78.5 Å². The summed E-state index contributed by atoms with van der Waals surface area (Å²) in [6, 6.07) is 8.08. The lowest BCUT2D eigenvalue weighted by molar-refractivity contribution is -0.143. The van der Waals surface area contributed by atoms with E-state index in [4.69, 9.17) is 0 Å². The number of likely N-dealkylation sites (N-methyl/N-ethyl adjacent to an activating group) is 2. The van der Waals surface area contributed by atoms with Crippen LogP contribution in [0.1, 0.15) is 168 Å². The van der Waals surface area contributed by atoms with Gasteiger partial charge in [-0.25, -0.2) is 0 Å². The third-order valence-corrected chi connectivity index (χ3v) is 8.85. The Balaban J connectivity index is -0.000000370. The summed E-state index contributed by atoms with van der Waals surface area (Å²) in [7, 11) is 0. The van der Waals surface area contributed by atoms with Gasteiger partial charge in [0, 0.05) is 30.9 Å². The van der Waals surface area contributed by atoms with Crippen molar-refractivity contribution in [2.75, 3.05) is 25.0 Å². The van der Waals surface area contributed by atoms with E-state index in [-0.39, 0.29) is 24.4 Å². The number of carbonyl (C=O) groups excluding carboxylic acids is 6. The van der Waals surface area contributed by atoms with Gasteiger partial charge in [-0.1, -0.05) is 140 Å². The summed E-state index contributed by atoms with van der Waals surface area (Å²) in [6.07, 6.45) is 10.2. The molecule has 1 unspecified atom stereocenters. The monoisotopic (exact) mass is 821 g/mol. The fourth-order valence-electron chi connectivity index (χ4n) is 6.34. The Morgan fingerprint density at radius 3 is 1.91 bits per heavy atom. The SMILES string of the molecule is CC.CC.CC.CCC.CCC[C@H](NC=O)C(=O)C(=O)NCC.CC[C@@H]1CCCC[C@@H]1N(CC)C(=O)C(NC(=O)CNC=O)C(C)(C)C.C[C@@H]1Cc2ccccc2N1. The van der Waals surface area contributed by atoms with Crippen LogP contribution in [-0.2, 0) is 35.2 Å². The van der Waals surface area contributed by atoms with Crippen molar-refractivity contribution in [2.45, 2.75) is 193 Å². The normalized spacial score (nSPS) is 16.7. The van der Waals surface area contributed by atoms with E-state index in [1.807, 2.05) is 81.1 Å². The largest absolute Gasteiger partial charge is 0.382 e. The smallest absolute Gasteiger partial charge is 0.289 e. The third kappa shape index (κ3) is 25.4. The molecule has 5 amide bonds. The number of nitrogens with zero attached hydrogens (tertiary/aromatic N) is 1. The van der Waals surface area contributed by atoms with Crippen molar-refractivity contribution in [3.63, 3.8) is 0 Å². The summed E-state index contributed by atoms with van der Waals surface area (Å²) < 4.78 is 0. The summed E-state index contributed by atoms with van der Waals surface area (Å²) in [6.45, 7) is 33.1. The van der Waals surface area contributed by atoms with Gasteiger partial charge in [0.1, 0.15) is 6.04 Å². The standard InChI is InChI=1S/C19H35N3O3.C9H16N2O3.C9H11N.C3H8.3C2H6/c1-6-14-10-8-9-11-15(14)22(7-2)18(25)17(19(3,4)5)21-16(24)12-20-13-23;1-3-5-7(11-6-12)8(13)9(14)10-4-2;1-7-6-8-4-2-3-5-9(8)10-7;1-3-2;3*1-2/h13-15,17H,6-12H2,1-5H3,(H,20,23)(H,21,24);6-7H,3-5H2,1-2H3,(H,10,14)(H,11,12);2-5,7,10H,6H2,1H3;3H2,1-2H3;3*1-2H3/t14-,15+,17?;2*7-;;;;/m101..../s1. The first-order valence-electron chi connectivity index (χ1n) is 22.3. The molecule has 1 aromatic rings. The molecule has 5 N–H and O–H groups in total. The minimum absolute atomic E-state index is 0.0141. The van der Waals surface area contributed by atoms with Gasteiger partial charge >= 0.3 is 0 Å². The van der Waals surface area contributed by atoms with Gasteiger partial charge in [0.2, 0.25) is 30.4 Å². The highest BCUT2D eigenvalue weighted by atomic mass is 16.2. The summed E-state index contributed by atoms with van der Waals surface area (Å²) in [5.74, 6) is -1.04. The van der Waals surface area contributed by atoms with Gasteiger partial charge in [-0.15, -0.1) is 0 Å². The Morgan fingerprint density at radius 1 is 0.879 bits per heavy atom. The molecule has 12 heteroatoms. The zero-order chi connectivity index (χ0) is 45.7. The molecule has 1 aromatic carbocycles. The first-order valence-corrected chi connectivity index (χ1v) is 22.3. The molecule has 1 aliphatic heterocycles. The topological polar surface area (TPSA) is 166 Å². The van der Waals surface area contributed by atoms with Gasteiger partial charge in [0.05, 0.1) is 12.6 Å². The molecule has 2 aliphatic rings. The number of rotatable bonds is 15. The minimum Gasteiger partial charge on any atom is -0.382 e. The van der Waals surface area contributed by atoms with Gasteiger partial charge < -0.3 is 31.5 Å². The van der Waals surface area contributed by atoms with E-state index in [9.17, 15) is 28.8 Å². The van der Waals surface area contributed by atoms with Crippen LogP contribution < -0.4 is 26.6 Å². The predicted octanol–water partition coefficient (Wildman–Crippen LogP) is 8.22. The summed E-state index contributed by atoms with van der Waals surface area (Å²) >= 11 is 0. The number of carbonyl (C=O) groups is 6. The first kappa shape index (κ1) is 60.7. The summed E-state index contributed by atoms with van der Waals surface area (Å²) in [5, 5.41) is 13.3. The average molecular weight is 821 g/mol. The quantitative estimate of drug-likeness (QED) is 0.0879. The van der Waals surface area contributed by atoms with Crippen LogP contribution in [0.4, 0.5) is 5.69 Å². The van der Waals surface area contributed by atoms with Crippen LogP contribution in [0.3, 0.4) is 0 Å². The molecule has 0 saturated heterocycles. The zero-order valence-electron chi connectivity index (χ0n) is 39.7. The van der Waals surface area contributed by atoms with Crippen molar-refractivity contribution in [3.05, 3.63) is 29.8 Å². The molecule has 338 valence electrons. The van der Waals surface area contributed by atoms with Crippen molar-refractivity contribution in [2.24, 2.45) is 11.3 Å². The lowest BCUT2D eigenvalue weighted by Crippen LogP contribution is -2.59. The van der Waals surface area contributed by atoms with Gasteiger partial charge in [0.15, 0.2) is 0 Å². The summed E-state index contributed by atoms with van der Waals surface area (Å²) in [5.41, 5.74) is 2.36. The maximum atomic E-state index is 13.3. The number of Topliss-reactive ketones (excluding diaryl/α,β-unsaturated/α-hetero) is 1. The third-order valence-electron chi connectivity index (χ3n) is 8.85. The van der Waals surface area contributed by atoms with Crippen molar-refractivity contribution < 1.29 is 28.8 Å². The molecule has 5 atom stereocenters. The zero-order valence-corrected chi connectivity index (χ0v) is 39.7. The Kier molecular flexibility index (Phi) is 40.4. The maximum absolute atomic E-state index is 13.3. The maximum Gasteiger partial charge on any atom is 0.289 e. The van der Waals surface area contributed by atoms with Crippen molar-refractivity contribution >= 4 is 42.0 Å². The number of fused-ring (bicyclic) bond motifs is 1. The second kappa shape index (κ2) is 38.6. The Morgan fingerprint density at radius 2 is 1.45 bits per heavy atom. The second-order valence-electron chi connectivity index (χ2n) is 14.5. The predicted molar refractivity (Wildman–Crippen MR) is 244 cm³/mol. The van der Waals surface area contributed by atoms with Gasteiger partial charge in [-0.2, -0.15) is 0 Å². The van der Waals surface area contributed by atoms with Crippen molar-refractivity contribution in [1.82, 2.24) is 26.2 Å². The number of hydrogen-bond acceptors (Lipinski definition) is 7.